The van der Waals surface area contributed by atoms with Gasteiger partial charge in [0.2, 0.25) is 11.5 Å². The molecule has 0 radical (unpaired) electrons. The lowest BCUT2D eigenvalue weighted by Crippen LogP contribution is -2.65. The van der Waals surface area contributed by atoms with Crippen molar-refractivity contribution in [1.29, 1.82) is 0 Å². The number of aliphatic hydroxyl groups is 1. The van der Waals surface area contributed by atoms with Crippen LogP contribution in [0.4, 0.5) is 13.2 Å². The average molecular weight is 605 g/mol. The monoisotopic (exact) mass is 604 g/mol. The van der Waals surface area contributed by atoms with Crippen molar-refractivity contribution < 1.29 is 47.0 Å². The first-order chi connectivity index (χ1) is 20.4. The minimum Gasteiger partial charge on any atom is -0.542 e. The Morgan fingerprint density at radius 1 is 0.907 bits per heavy atom. The molecule has 1 amide bonds. The standard InChI is InChI=1S/C30H38N2O4.C2HF3O2/c33-28(24-10-7-8-11-24)31-18-9-19-32-20-16-23(17-21-32)27(22-32)36-29(34)30(35,25-12-3-1-4-13-25)26-14-5-2-6-15-26;3-2(4,5)1(6)7/h1-6,12-15,23-24,27,35H,7-11,16-22H2;(H,6,7)/t23?,27-,32?;/m0./s1. The van der Waals surface area contributed by atoms with E-state index < -0.39 is 23.7 Å². The summed E-state index contributed by atoms with van der Waals surface area (Å²) in [5.41, 5.74) is -0.807. The molecule has 3 aliphatic heterocycles. The van der Waals surface area contributed by atoms with Crippen molar-refractivity contribution in [1.82, 2.24) is 5.32 Å². The van der Waals surface area contributed by atoms with Crippen LogP contribution >= 0.6 is 0 Å². The van der Waals surface area contributed by atoms with Gasteiger partial charge in [-0.15, -0.1) is 0 Å². The third kappa shape index (κ3) is 7.94. The van der Waals surface area contributed by atoms with Crippen LogP contribution < -0.4 is 10.4 Å². The molecule has 4 fully saturated rings. The molecule has 4 aliphatic rings. The van der Waals surface area contributed by atoms with Crippen LogP contribution in [-0.4, -0.2) is 72.4 Å². The van der Waals surface area contributed by atoms with Gasteiger partial charge in [0.05, 0.1) is 19.6 Å². The third-order valence-electron chi connectivity index (χ3n) is 9.04. The summed E-state index contributed by atoms with van der Waals surface area (Å²) in [5.74, 6) is -2.84. The number of amides is 1. The molecule has 11 heteroatoms. The highest BCUT2D eigenvalue weighted by Gasteiger charge is 2.50. The molecule has 2 aromatic rings. The largest absolute Gasteiger partial charge is 0.542 e. The number of ether oxygens (including phenoxy) is 1. The zero-order valence-electron chi connectivity index (χ0n) is 24.1. The number of halogens is 3. The molecule has 1 aliphatic carbocycles. The van der Waals surface area contributed by atoms with Gasteiger partial charge in [0, 0.05) is 37.6 Å². The van der Waals surface area contributed by atoms with E-state index in [1.807, 2.05) is 36.4 Å². The summed E-state index contributed by atoms with van der Waals surface area (Å²) in [7, 11) is 0. The van der Waals surface area contributed by atoms with Gasteiger partial charge in [-0.05, 0) is 24.0 Å². The van der Waals surface area contributed by atoms with Crippen LogP contribution in [0, 0.1) is 11.8 Å². The molecule has 3 saturated heterocycles. The summed E-state index contributed by atoms with van der Waals surface area (Å²) >= 11 is 0. The predicted octanol–water partition coefficient (Wildman–Crippen LogP) is 3.07. The maximum Gasteiger partial charge on any atom is 0.430 e. The number of carbonyl (C=O) groups is 3. The SMILES string of the molecule is O=C(NCCC[N+]12CCC(CC1)[C@@H](OC(=O)C(O)(c1ccccc1)c1ccccc1)C2)C1CCCC1.O=C([O-])C(F)(F)F. The zero-order chi connectivity index (χ0) is 31.1. The topological polar surface area (TPSA) is 116 Å². The maximum absolute atomic E-state index is 13.6. The number of carbonyl (C=O) groups excluding carboxylic acids is 3. The summed E-state index contributed by atoms with van der Waals surface area (Å²) in [5, 5.41) is 23.7. The number of nitrogens with zero attached hydrogens (tertiary/aromatic N) is 1. The number of hydrogen-bond acceptors (Lipinski definition) is 6. The van der Waals surface area contributed by atoms with E-state index in [4.69, 9.17) is 14.6 Å². The summed E-state index contributed by atoms with van der Waals surface area (Å²) in [6.07, 6.45) is 1.99. The second kappa shape index (κ2) is 13.9. The Balaban J connectivity index is 0.000000541. The summed E-state index contributed by atoms with van der Waals surface area (Å²) in [4.78, 5) is 34.8. The number of fused-ring (bicyclic) bond motifs is 3. The average Bonchev–Trinajstić information content (AvgIpc) is 3.56. The lowest BCUT2D eigenvalue weighted by atomic mass is 9.82. The molecule has 2 N–H and O–H groups in total. The molecule has 43 heavy (non-hydrogen) atoms. The number of carboxylic acids is 1. The lowest BCUT2D eigenvalue weighted by Gasteiger charge is -2.52. The van der Waals surface area contributed by atoms with Gasteiger partial charge >= 0.3 is 12.1 Å². The molecule has 0 unspecified atom stereocenters. The Bertz CT molecular complexity index is 1190. The second-order valence-corrected chi connectivity index (χ2v) is 11.8. The second-order valence-electron chi connectivity index (χ2n) is 11.8. The molecule has 1 atom stereocenters. The molecule has 2 aromatic carbocycles. The quantitative estimate of drug-likeness (QED) is 0.258. The fraction of sp³-hybridized carbons (Fsp3) is 0.531. The van der Waals surface area contributed by atoms with Crippen LogP contribution in [-0.2, 0) is 24.7 Å². The fourth-order valence-corrected chi connectivity index (χ4v) is 6.61. The first-order valence-corrected chi connectivity index (χ1v) is 14.9. The van der Waals surface area contributed by atoms with Gasteiger partial charge < -0.3 is 29.5 Å². The van der Waals surface area contributed by atoms with Crippen molar-refractivity contribution in [3.63, 3.8) is 0 Å². The van der Waals surface area contributed by atoms with Gasteiger partial charge in [0.15, 0.2) is 6.10 Å². The number of benzene rings is 2. The van der Waals surface area contributed by atoms with Crippen LogP contribution in [0.2, 0.25) is 0 Å². The van der Waals surface area contributed by atoms with Crippen LogP contribution in [0.15, 0.2) is 60.7 Å². The first-order valence-electron chi connectivity index (χ1n) is 14.9. The molecule has 0 spiro atoms. The van der Waals surface area contributed by atoms with E-state index in [2.05, 4.69) is 5.32 Å². The van der Waals surface area contributed by atoms with E-state index in [1.54, 1.807) is 24.3 Å². The number of nitrogens with one attached hydrogen (secondary N) is 1. The van der Waals surface area contributed by atoms with E-state index in [0.717, 1.165) is 62.8 Å². The highest BCUT2D eigenvalue weighted by molar-refractivity contribution is 5.85. The molecule has 234 valence electrons. The van der Waals surface area contributed by atoms with E-state index in [9.17, 15) is 27.9 Å². The van der Waals surface area contributed by atoms with Crippen molar-refractivity contribution >= 4 is 17.8 Å². The molecular weight excluding hydrogens is 565 g/mol. The molecule has 0 aromatic heterocycles. The molecule has 8 nitrogen and oxygen atoms in total. The highest BCUT2D eigenvalue weighted by Crippen LogP contribution is 2.38. The van der Waals surface area contributed by atoms with E-state index in [0.29, 0.717) is 23.6 Å². The third-order valence-corrected chi connectivity index (χ3v) is 9.04. The van der Waals surface area contributed by atoms with Crippen LogP contribution in [0.5, 0.6) is 0 Å². The van der Waals surface area contributed by atoms with Crippen molar-refractivity contribution in [2.24, 2.45) is 11.8 Å². The fourth-order valence-electron chi connectivity index (χ4n) is 6.61. The molecule has 2 bridgehead atoms. The Labute approximate surface area is 249 Å². The normalized spacial score (nSPS) is 23.6. The number of rotatable bonds is 9. The number of hydrogen-bond donors (Lipinski definition) is 2. The predicted molar refractivity (Wildman–Crippen MR) is 149 cm³/mol. The summed E-state index contributed by atoms with van der Waals surface area (Å²) < 4.78 is 38.6. The van der Waals surface area contributed by atoms with E-state index in [-0.39, 0.29) is 17.9 Å². The van der Waals surface area contributed by atoms with Crippen LogP contribution in [0.1, 0.15) is 56.1 Å². The van der Waals surface area contributed by atoms with E-state index in [1.165, 1.54) is 12.8 Å². The lowest BCUT2D eigenvalue weighted by molar-refractivity contribution is -0.946. The van der Waals surface area contributed by atoms with E-state index >= 15 is 0 Å². The number of piperidine rings is 3. The zero-order valence-corrected chi connectivity index (χ0v) is 24.1. The number of aliphatic carboxylic acids is 1. The maximum atomic E-state index is 13.6. The number of carboxylic acid groups (broad SMARTS) is 1. The van der Waals surface area contributed by atoms with Crippen LogP contribution in [0.3, 0.4) is 0 Å². The number of esters is 1. The minimum atomic E-state index is -5.19. The Hall–Kier alpha value is -3.44. The molecule has 3 heterocycles. The smallest absolute Gasteiger partial charge is 0.430 e. The van der Waals surface area contributed by atoms with Crippen molar-refractivity contribution in [2.45, 2.75) is 62.8 Å². The highest BCUT2D eigenvalue weighted by atomic mass is 19.4. The van der Waals surface area contributed by atoms with Gasteiger partial charge in [0.1, 0.15) is 12.5 Å². The van der Waals surface area contributed by atoms with Crippen LogP contribution in [0.25, 0.3) is 0 Å². The van der Waals surface area contributed by atoms with Gasteiger partial charge in [-0.2, -0.15) is 13.2 Å². The Morgan fingerprint density at radius 3 is 1.91 bits per heavy atom. The summed E-state index contributed by atoms with van der Waals surface area (Å²) in [6, 6.07) is 18.2. The van der Waals surface area contributed by atoms with Crippen molar-refractivity contribution in [2.75, 3.05) is 32.7 Å². The number of alkyl halides is 3. The van der Waals surface area contributed by atoms with Crippen molar-refractivity contribution in [3.8, 4) is 0 Å². The Morgan fingerprint density at radius 2 is 1.42 bits per heavy atom. The Kier molecular flexibility index (Phi) is 10.5. The minimum absolute atomic E-state index is 0.202. The molecule has 6 rings (SSSR count). The number of quaternary nitrogens is 1. The molecule has 1 saturated carbocycles. The van der Waals surface area contributed by atoms with Gasteiger partial charge in [-0.3, -0.25) is 4.79 Å². The summed E-state index contributed by atoms with van der Waals surface area (Å²) in [6.45, 7) is 4.67. The molecular formula is C32H39F3N2O6. The van der Waals surface area contributed by atoms with Gasteiger partial charge in [-0.1, -0.05) is 73.5 Å². The van der Waals surface area contributed by atoms with Crippen molar-refractivity contribution in [3.05, 3.63) is 71.8 Å². The van der Waals surface area contributed by atoms with Gasteiger partial charge in [0.25, 0.3) is 0 Å². The first kappa shape index (κ1) is 32.5. The van der Waals surface area contributed by atoms with Gasteiger partial charge in [-0.25, -0.2) is 4.79 Å².